The number of urea groups is 1. The van der Waals surface area contributed by atoms with Crippen molar-refractivity contribution in [2.45, 2.75) is 57.5 Å². The molecule has 2 amide bonds. The quantitative estimate of drug-likeness (QED) is 0.673. The Kier molecular flexibility index (Phi) is 3.89. The van der Waals surface area contributed by atoms with Gasteiger partial charge in [0.25, 0.3) is 0 Å². The minimum Gasteiger partial charge on any atom is -0.396 e. The van der Waals surface area contributed by atoms with Crippen molar-refractivity contribution in [2.24, 2.45) is 5.41 Å². The number of aromatic amines is 1. The topological polar surface area (TPSA) is 90.0 Å². The van der Waals surface area contributed by atoms with Crippen LogP contribution in [0.25, 0.3) is 0 Å². The summed E-state index contributed by atoms with van der Waals surface area (Å²) in [7, 11) is 0. The fourth-order valence-corrected chi connectivity index (χ4v) is 3.59. The van der Waals surface area contributed by atoms with E-state index in [1.165, 1.54) is 11.3 Å². The van der Waals surface area contributed by atoms with E-state index in [9.17, 15) is 9.90 Å². The second kappa shape index (κ2) is 5.67. The van der Waals surface area contributed by atoms with Crippen LogP contribution in [0.2, 0.25) is 0 Å². The van der Waals surface area contributed by atoms with Gasteiger partial charge in [0.2, 0.25) is 0 Å². The molecule has 1 aromatic rings. The van der Waals surface area contributed by atoms with Crippen LogP contribution in [0, 0.1) is 5.41 Å². The first-order valence-corrected chi connectivity index (χ1v) is 7.80. The van der Waals surface area contributed by atoms with Crippen LogP contribution in [0.5, 0.6) is 0 Å². The average Bonchev–Trinajstić information content (AvgIpc) is 3.06. The van der Waals surface area contributed by atoms with Crippen molar-refractivity contribution < 1.29 is 9.90 Å². The van der Waals surface area contributed by atoms with E-state index in [1.807, 2.05) is 13.1 Å². The summed E-state index contributed by atoms with van der Waals surface area (Å²) in [5.74, 6) is 0. The van der Waals surface area contributed by atoms with Gasteiger partial charge >= 0.3 is 6.03 Å². The van der Waals surface area contributed by atoms with E-state index in [1.54, 1.807) is 0 Å². The molecule has 3 rings (SSSR count). The van der Waals surface area contributed by atoms with Crippen molar-refractivity contribution in [3.63, 3.8) is 0 Å². The third-order valence-electron chi connectivity index (χ3n) is 5.10. The van der Waals surface area contributed by atoms with Crippen LogP contribution in [0.15, 0.2) is 6.20 Å². The number of amides is 2. The Bertz CT molecular complexity index is 516. The number of nitrogens with zero attached hydrogens (tertiary/aromatic N) is 1. The molecule has 2 aliphatic rings. The molecule has 116 valence electrons. The predicted molar refractivity (Wildman–Crippen MR) is 78.9 cm³/mol. The maximum Gasteiger partial charge on any atom is 0.315 e. The number of carbonyl (C=O) groups excluding carboxylic acids is 1. The maximum atomic E-state index is 12.2. The lowest BCUT2D eigenvalue weighted by atomic mass is 9.86. The van der Waals surface area contributed by atoms with E-state index in [2.05, 4.69) is 20.8 Å². The number of H-pyrrole nitrogens is 1. The van der Waals surface area contributed by atoms with Gasteiger partial charge in [0.1, 0.15) is 0 Å². The van der Waals surface area contributed by atoms with Crippen LogP contribution in [-0.2, 0) is 12.8 Å². The molecule has 1 heterocycles. The van der Waals surface area contributed by atoms with Crippen LogP contribution in [0.4, 0.5) is 4.79 Å². The van der Waals surface area contributed by atoms with Gasteiger partial charge in [-0.3, -0.25) is 5.10 Å². The minimum absolute atomic E-state index is 0.0653. The molecule has 1 aromatic heterocycles. The van der Waals surface area contributed by atoms with Crippen LogP contribution in [-0.4, -0.2) is 40.0 Å². The molecule has 0 radical (unpaired) electrons. The number of fused-ring (bicyclic) bond motifs is 1. The third kappa shape index (κ3) is 2.90. The Hall–Kier alpha value is -1.56. The molecule has 0 bridgehead atoms. The summed E-state index contributed by atoms with van der Waals surface area (Å²) in [6.45, 7) is 2.17. The molecule has 21 heavy (non-hydrogen) atoms. The summed E-state index contributed by atoms with van der Waals surface area (Å²) < 4.78 is 0. The summed E-state index contributed by atoms with van der Waals surface area (Å²) in [5, 5.41) is 22.7. The van der Waals surface area contributed by atoms with E-state index in [-0.39, 0.29) is 30.1 Å². The first kappa shape index (κ1) is 14.4. The SMILES string of the molecule is CC1(CO)CCCC1NC(=O)NC1CCc2[nH]ncc2C1. The number of rotatable bonds is 3. The van der Waals surface area contributed by atoms with Crippen molar-refractivity contribution in [2.75, 3.05) is 6.61 Å². The molecule has 1 fully saturated rings. The summed E-state index contributed by atoms with van der Waals surface area (Å²) in [6, 6.07) is 0.117. The molecule has 0 aliphatic heterocycles. The van der Waals surface area contributed by atoms with Crippen LogP contribution in [0.3, 0.4) is 0 Å². The van der Waals surface area contributed by atoms with E-state index in [0.717, 1.165) is 38.5 Å². The molecule has 1 saturated carbocycles. The lowest BCUT2D eigenvalue weighted by Gasteiger charge is -2.31. The normalized spacial score (nSPS) is 31.7. The predicted octanol–water partition coefficient (Wildman–Crippen LogP) is 1.12. The van der Waals surface area contributed by atoms with Crippen LogP contribution < -0.4 is 10.6 Å². The van der Waals surface area contributed by atoms with Gasteiger partial charge in [-0.05, 0) is 37.7 Å². The van der Waals surface area contributed by atoms with Crippen molar-refractivity contribution in [3.05, 3.63) is 17.5 Å². The van der Waals surface area contributed by atoms with Gasteiger partial charge in [0, 0.05) is 23.2 Å². The number of nitrogens with one attached hydrogen (secondary N) is 3. The second-order valence-corrected chi connectivity index (χ2v) is 6.69. The molecular formula is C15H24N4O2. The van der Waals surface area contributed by atoms with Gasteiger partial charge in [0.05, 0.1) is 12.8 Å². The highest BCUT2D eigenvalue weighted by atomic mass is 16.3. The average molecular weight is 292 g/mol. The first-order valence-electron chi connectivity index (χ1n) is 7.80. The number of aromatic nitrogens is 2. The van der Waals surface area contributed by atoms with Crippen molar-refractivity contribution >= 4 is 6.03 Å². The molecule has 0 aromatic carbocycles. The molecule has 0 spiro atoms. The zero-order valence-electron chi connectivity index (χ0n) is 12.5. The standard InChI is InChI=1S/C15H24N4O2/c1-15(9-20)6-2-3-13(15)18-14(21)17-11-4-5-12-10(7-11)8-16-19-12/h8,11,13,20H,2-7,9H2,1H3,(H,16,19)(H2,17,18,21). The maximum absolute atomic E-state index is 12.2. The lowest BCUT2D eigenvalue weighted by molar-refractivity contribution is 0.120. The van der Waals surface area contributed by atoms with Crippen molar-refractivity contribution in [3.8, 4) is 0 Å². The number of aliphatic hydroxyl groups is 1. The highest BCUT2D eigenvalue weighted by Gasteiger charge is 2.39. The molecule has 0 saturated heterocycles. The first-order chi connectivity index (χ1) is 10.1. The number of hydrogen-bond acceptors (Lipinski definition) is 3. The van der Waals surface area contributed by atoms with E-state index in [4.69, 9.17) is 0 Å². The summed E-state index contributed by atoms with van der Waals surface area (Å²) in [5.41, 5.74) is 2.21. The van der Waals surface area contributed by atoms with Crippen molar-refractivity contribution in [1.29, 1.82) is 0 Å². The van der Waals surface area contributed by atoms with E-state index >= 15 is 0 Å². The smallest absolute Gasteiger partial charge is 0.315 e. The van der Waals surface area contributed by atoms with Gasteiger partial charge < -0.3 is 15.7 Å². The molecule has 4 N–H and O–H groups in total. The molecule has 6 heteroatoms. The molecule has 3 atom stereocenters. The van der Waals surface area contributed by atoms with Crippen LogP contribution in [0.1, 0.15) is 43.9 Å². The summed E-state index contributed by atoms with van der Waals surface area (Å²) in [6.07, 6.45) is 7.52. The molecule has 3 unspecified atom stereocenters. The van der Waals surface area contributed by atoms with Crippen molar-refractivity contribution in [1.82, 2.24) is 20.8 Å². The Balaban J connectivity index is 1.53. The molecular weight excluding hydrogens is 268 g/mol. The Morgan fingerprint density at radius 3 is 3.19 bits per heavy atom. The van der Waals surface area contributed by atoms with Gasteiger partial charge in [-0.25, -0.2) is 4.79 Å². The monoisotopic (exact) mass is 292 g/mol. The van der Waals surface area contributed by atoms with Gasteiger partial charge in [-0.1, -0.05) is 13.3 Å². The fourth-order valence-electron chi connectivity index (χ4n) is 3.59. The van der Waals surface area contributed by atoms with Crippen LogP contribution >= 0.6 is 0 Å². The zero-order valence-corrected chi connectivity index (χ0v) is 12.5. The summed E-state index contributed by atoms with van der Waals surface area (Å²) in [4.78, 5) is 12.2. The molecule has 2 aliphatic carbocycles. The largest absolute Gasteiger partial charge is 0.396 e. The Labute approximate surface area is 124 Å². The number of aryl methyl sites for hydroxylation is 1. The van der Waals surface area contributed by atoms with Gasteiger partial charge in [-0.15, -0.1) is 0 Å². The lowest BCUT2D eigenvalue weighted by Crippen LogP contribution is -2.51. The van der Waals surface area contributed by atoms with E-state index in [0.29, 0.717) is 0 Å². The van der Waals surface area contributed by atoms with E-state index < -0.39 is 0 Å². The Morgan fingerprint density at radius 2 is 2.38 bits per heavy atom. The zero-order chi connectivity index (χ0) is 14.9. The number of aliphatic hydroxyl groups excluding tert-OH is 1. The number of carbonyl (C=O) groups is 1. The minimum atomic E-state index is -0.179. The second-order valence-electron chi connectivity index (χ2n) is 6.69. The highest BCUT2D eigenvalue weighted by molar-refractivity contribution is 5.74. The highest BCUT2D eigenvalue weighted by Crippen LogP contribution is 2.37. The van der Waals surface area contributed by atoms with Gasteiger partial charge in [-0.2, -0.15) is 5.10 Å². The fraction of sp³-hybridized carbons (Fsp3) is 0.733. The number of hydrogen-bond donors (Lipinski definition) is 4. The third-order valence-corrected chi connectivity index (χ3v) is 5.10. The summed E-state index contributed by atoms with van der Waals surface area (Å²) >= 11 is 0. The molecule has 6 nitrogen and oxygen atoms in total. The van der Waals surface area contributed by atoms with Gasteiger partial charge in [0.15, 0.2) is 0 Å². The Morgan fingerprint density at radius 1 is 1.52 bits per heavy atom.